The Hall–Kier alpha value is -3.74. The number of methoxy groups -OCH3 is 3. The van der Waals surface area contributed by atoms with Crippen LogP contribution in [0.25, 0.3) is 10.8 Å². The summed E-state index contributed by atoms with van der Waals surface area (Å²) in [5.41, 5.74) is 1.63. The van der Waals surface area contributed by atoms with Gasteiger partial charge < -0.3 is 24.4 Å². The minimum absolute atomic E-state index is 0.122. The number of nitrogens with zero attached hydrogens (tertiary/aromatic N) is 1. The van der Waals surface area contributed by atoms with E-state index in [1.807, 2.05) is 25.1 Å². The van der Waals surface area contributed by atoms with Crippen LogP contribution in [0.5, 0.6) is 17.2 Å². The number of benzene rings is 3. The van der Waals surface area contributed by atoms with E-state index in [-0.39, 0.29) is 30.8 Å². The molecular formula is C26H28N2O5. The second-order valence-electron chi connectivity index (χ2n) is 8.13. The van der Waals surface area contributed by atoms with Crippen molar-refractivity contribution in [2.45, 2.75) is 19.4 Å². The standard InChI is InChI=1S/C26H28N2O5/c1-16(18-10-9-17-7-5-6-8-19(17)11-18)27-26(30)20-12-24(29)28(15-20)21-13-22(31-2)25(33-4)23(14-21)32-3/h5-11,13-14,16,20H,12,15H2,1-4H3,(H,27,30). The van der Waals surface area contributed by atoms with E-state index in [1.54, 1.807) is 17.0 Å². The third-order valence-electron chi connectivity index (χ3n) is 6.09. The van der Waals surface area contributed by atoms with Gasteiger partial charge in [-0.2, -0.15) is 0 Å². The molecule has 1 saturated heterocycles. The van der Waals surface area contributed by atoms with Crippen molar-refractivity contribution < 1.29 is 23.8 Å². The lowest BCUT2D eigenvalue weighted by molar-refractivity contribution is -0.126. The van der Waals surface area contributed by atoms with Gasteiger partial charge in [-0.15, -0.1) is 0 Å². The van der Waals surface area contributed by atoms with E-state index in [0.29, 0.717) is 22.9 Å². The van der Waals surface area contributed by atoms with Crippen LogP contribution >= 0.6 is 0 Å². The van der Waals surface area contributed by atoms with Crippen LogP contribution in [0, 0.1) is 5.92 Å². The SMILES string of the molecule is COc1cc(N2CC(C(=O)NC(C)c3ccc4ccccc4c3)CC2=O)cc(OC)c1OC. The Morgan fingerprint density at radius 2 is 1.64 bits per heavy atom. The minimum Gasteiger partial charge on any atom is -0.493 e. The van der Waals surface area contributed by atoms with Crippen molar-refractivity contribution in [3.63, 3.8) is 0 Å². The summed E-state index contributed by atoms with van der Waals surface area (Å²) in [5.74, 6) is 0.657. The van der Waals surface area contributed by atoms with Gasteiger partial charge >= 0.3 is 0 Å². The van der Waals surface area contributed by atoms with E-state index in [4.69, 9.17) is 14.2 Å². The maximum Gasteiger partial charge on any atom is 0.227 e. The Morgan fingerprint density at radius 1 is 0.970 bits per heavy atom. The van der Waals surface area contributed by atoms with Gasteiger partial charge in [-0.1, -0.05) is 36.4 Å². The fourth-order valence-corrected chi connectivity index (χ4v) is 4.25. The Bertz CT molecular complexity index is 1170. The number of fused-ring (bicyclic) bond motifs is 1. The van der Waals surface area contributed by atoms with Crippen molar-refractivity contribution >= 4 is 28.3 Å². The average molecular weight is 449 g/mol. The monoisotopic (exact) mass is 448 g/mol. The van der Waals surface area contributed by atoms with Crippen molar-refractivity contribution in [1.82, 2.24) is 5.32 Å². The molecular weight excluding hydrogens is 420 g/mol. The van der Waals surface area contributed by atoms with Gasteiger partial charge in [-0.3, -0.25) is 9.59 Å². The molecule has 0 bridgehead atoms. The molecule has 172 valence electrons. The van der Waals surface area contributed by atoms with E-state index >= 15 is 0 Å². The Labute approximate surface area is 193 Å². The molecule has 2 amide bonds. The van der Waals surface area contributed by atoms with Gasteiger partial charge in [0, 0.05) is 25.1 Å². The first-order chi connectivity index (χ1) is 15.9. The lowest BCUT2D eigenvalue weighted by Crippen LogP contribution is -2.34. The fraction of sp³-hybridized carbons (Fsp3) is 0.308. The van der Waals surface area contributed by atoms with E-state index in [0.717, 1.165) is 16.3 Å². The van der Waals surface area contributed by atoms with E-state index in [9.17, 15) is 9.59 Å². The summed E-state index contributed by atoms with van der Waals surface area (Å²) in [6, 6.07) is 17.5. The summed E-state index contributed by atoms with van der Waals surface area (Å²) in [5, 5.41) is 5.35. The first-order valence-corrected chi connectivity index (χ1v) is 10.8. The van der Waals surface area contributed by atoms with Crippen molar-refractivity contribution in [1.29, 1.82) is 0 Å². The number of nitrogens with one attached hydrogen (secondary N) is 1. The molecule has 3 aromatic carbocycles. The minimum atomic E-state index is -0.445. The normalized spacial score (nSPS) is 16.5. The van der Waals surface area contributed by atoms with E-state index in [1.165, 1.54) is 21.3 Å². The maximum absolute atomic E-state index is 13.0. The zero-order valence-electron chi connectivity index (χ0n) is 19.3. The highest BCUT2D eigenvalue weighted by molar-refractivity contribution is 6.01. The van der Waals surface area contributed by atoms with Crippen molar-refractivity contribution in [2.75, 3.05) is 32.8 Å². The molecule has 3 aromatic rings. The van der Waals surface area contributed by atoms with Crippen LogP contribution < -0.4 is 24.4 Å². The van der Waals surface area contributed by atoms with E-state index < -0.39 is 5.92 Å². The Kier molecular flexibility index (Phi) is 6.40. The van der Waals surface area contributed by atoms with Crippen LogP contribution in [0.3, 0.4) is 0 Å². The molecule has 0 spiro atoms. The van der Waals surface area contributed by atoms with Crippen LogP contribution in [0.4, 0.5) is 5.69 Å². The molecule has 1 heterocycles. The van der Waals surface area contributed by atoms with Crippen LogP contribution in [0.1, 0.15) is 24.9 Å². The number of hydrogen-bond donors (Lipinski definition) is 1. The van der Waals surface area contributed by atoms with Crippen LogP contribution in [-0.4, -0.2) is 39.7 Å². The highest BCUT2D eigenvalue weighted by Crippen LogP contribution is 2.42. The smallest absolute Gasteiger partial charge is 0.227 e. The summed E-state index contributed by atoms with van der Waals surface area (Å²) in [6.45, 7) is 2.24. The first kappa shape index (κ1) is 22.5. The highest BCUT2D eigenvalue weighted by atomic mass is 16.5. The zero-order chi connectivity index (χ0) is 23.5. The second-order valence-corrected chi connectivity index (χ2v) is 8.13. The number of carbonyl (C=O) groups excluding carboxylic acids is 2. The largest absolute Gasteiger partial charge is 0.493 e. The van der Waals surface area contributed by atoms with Gasteiger partial charge in [-0.25, -0.2) is 0 Å². The summed E-state index contributed by atoms with van der Waals surface area (Å²) in [4.78, 5) is 27.4. The molecule has 7 heteroatoms. The van der Waals surface area contributed by atoms with Gasteiger partial charge in [0.1, 0.15) is 0 Å². The number of hydrogen-bond acceptors (Lipinski definition) is 5. The molecule has 33 heavy (non-hydrogen) atoms. The summed E-state index contributed by atoms with van der Waals surface area (Å²) >= 11 is 0. The lowest BCUT2D eigenvalue weighted by Gasteiger charge is -2.21. The number of rotatable bonds is 7. The number of anilines is 1. The maximum atomic E-state index is 13.0. The Balaban J connectivity index is 1.49. The predicted molar refractivity (Wildman–Crippen MR) is 127 cm³/mol. The predicted octanol–water partition coefficient (Wildman–Crippen LogP) is 4.10. The molecule has 7 nitrogen and oxygen atoms in total. The number of carbonyl (C=O) groups is 2. The average Bonchev–Trinajstić information content (AvgIpc) is 3.24. The molecule has 1 N–H and O–H groups in total. The summed E-state index contributed by atoms with van der Waals surface area (Å²) < 4.78 is 16.2. The highest BCUT2D eigenvalue weighted by Gasteiger charge is 2.36. The van der Waals surface area contributed by atoms with Crippen LogP contribution in [-0.2, 0) is 9.59 Å². The van der Waals surface area contributed by atoms with Gasteiger partial charge in [0.05, 0.1) is 39.0 Å². The summed E-state index contributed by atoms with van der Waals surface area (Å²) in [6.07, 6.45) is 0.146. The molecule has 2 atom stereocenters. The first-order valence-electron chi connectivity index (χ1n) is 10.8. The summed E-state index contributed by atoms with van der Waals surface area (Å²) in [7, 11) is 4.58. The molecule has 0 saturated carbocycles. The molecule has 1 aliphatic rings. The lowest BCUT2D eigenvalue weighted by atomic mass is 10.0. The van der Waals surface area contributed by atoms with Crippen LogP contribution in [0.15, 0.2) is 54.6 Å². The van der Waals surface area contributed by atoms with Crippen molar-refractivity contribution in [3.05, 3.63) is 60.2 Å². The molecule has 4 rings (SSSR count). The van der Waals surface area contributed by atoms with Gasteiger partial charge in [0.15, 0.2) is 11.5 Å². The van der Waals surface area contributed by atoms with Gasteiger partial charge in [-0.05, 0) is 29.3 Å². The third-order valence-corrected chi connectivity index (χ3v) is 6.09. The molecule has 0 aromatic heterocycles. The van der Waals surface area contributed by atoms with Crippen LogP contribution in [0.2, 0.25) is 0 Å². The Morgan fingerprint density at radius 3 is 2.27 bits per heavy atom. The molecule has 1 aliphatic heterocycles. The second kappa shape index (κ2) is 9.40. The quantitative estimate of drug-likeness (QED) is 0.589. The molecule has 0 radical (unpaired) electrons. The van der Waals surface area contributed by atoms with E-state index in [2.05, 4.69) is 29.6 Å². The fourth-order valence-electron chi connectivity index (χ4n) is 4.25. The zero-order valence-corrected chi connectivity index (χ0v) is 19.3. The molecule has 2 unspecified atom stereocenters. The van der Waals surface area contributed by atoms with Crippen molar-refractivity contribution in [3.8, 4) is 17.2 Å². The molecule has 0 aliphatic carbocycles. The van der Waals surface area contributed by atoms with Gasteiger partial charge in [0.2, 0.25) is 17.6 Å². The van der Waals surface area contributed by atoms with Gasteiger partial charge in [0.25, 0.3) is 0 Å². The number of ether oxygens (including phenoxy) is 3. The number of amides is 2. The van der Waals surface area contributed by atoms with Crippen molar-refractivity contribution in [2.24, 2.45) is 5.92 Å². The third kappa shape index (κ3) is 4.44. The molecule has 1 fully saturated rings. The topological polar surface area (TPSA) is 77.1 Å².